The smallest absolute Gasteiger partial charge is 0.121 e. The van der Waals surface area contributed by atoms with Crippen LogP contribution in [0.5, 0.6) is 0 Å². The Morgan fingerprint density at radius 2 is 1.51 bits per heavy atom. The molecule has 4 aromatic carbocycles. The fourth-order valence-corrected chi connectivity index (χ4v) is 6.26. The zero-order chi connectivity index (χ0) is 34.1. The van der Waals surface area contributed by atoms with Crippen LogP contribution in [-0.2, 0) is 31.9 Å². The molecule has 0 atom stereocenters. The van der Waals surface area contributed by atoms with Crippen LogP contribution in [0.15, 0.2) is 126 Å². The van der Waals surface area contributed by atoms with Crippen molar-refractivity contribution in [3.05, 3.63) is 150 Å². The Morgan fingerprint density at radius 1 is 0.723 bits per heavy atom. The van der Waals surface area contributed by atoms with Gasteiger partial charge in [0.05, 0.1) is 13.7 Å². The second-order valence-corrected chi connectivity index (χ2v) is 18.6. The van der Waals surface area contributed by atoms with Crippen LogP contribution in [0.3, 0.4) is 0 Å². The predicted molar refractivity (Wildman–Crippen MR) is 195 cm³/mol. The first kappa shape index (κ1) is 31.4. The molecule has 0 spiro atoms. The van der Waals surface area contributed by atoms with E-state index in [0.717, 1.165) is 38.9 Å². The van der Waals surface area contributed by atoms with Crippen LogP contribution < -0.4 is 5.19 Å². The van der Waals surface area contributed by atoms with Gasteiger partial charge in [0, 0.05) is 40.6 Å². The summed E-state index contributed by atoms with van der Waals surface area (Å²) in [5.74, 6) is 0. The van der Waals surface area contributed by atoms with Gasteiger partial charge in [0.15, 0.2) is 0 Å². The van der Waals surface area contributed by atoms with Gasteiger partial charge in [-0.25, -0.2) is 0 Å². The van der Waals surface area contributed by atoms with E-state index in [0.29, 0.717) is 16.7 Å². The minimum absolute atomic E-state index is 0. The molecule has 0 fully saturated rings. The fraction of sp³-hybridized carbons (Fsp3) is 0.190. The number of furan rings is 1. The van der Waals surface area contributed by atoms with Crippen molar-refractivity contribution in [3.8, 4) is 22.5 Å². The summed E-state index contributed by atoms with van der Waals surface area (Å²) in [6.07, 6.45) is 2.25. The molecule has 3 nitrogen and oxygen atoms in total. The van der Waals surface area contributed by atoms with Crippen molar-refractivity contribution in [1.29, 1.82) is 0 Å². The molecule has 7 rings (SSSR count). The van der Waals surface area contributed by atoms with E-state index in [9.17, 15) is 0 Å². The number of hydrogen-bond acceptors (Lipinski definition) is 3. The summed E-state index contributed by atoms with van der Waals surface area (Å²) in [6.45, 7) is 13.6. The molecule has 0 bridgehead atoms. The number of pyridine rings is 2. The van der Waals surface area contributed by atoms with Gasteiger partial charge >= 0.3 is 0 Å². The molecule has 0 saturated heterocycles. The molecule has 0 N–H and O–H groups in total. The third-order valence-corrected chi connectivity index (χ3v) is 10.0. The first-order chi connectivity index (χ1) is 22.8. The molecule has 3 heterocycles. The maximum absolute atomic E-state index is 8.65. The van der Waals surface area contributed by atoms with Crippen LogP contribution >= 0.6 is 0 Å². The Kier molecular flexibility index (Phi) is 9.58. The Bertz CT molecular complexity index is 2170. The summed E-state index contributed by atoms with van der Waals surface area (Å²) in [7, 11) is -1.23. The molecule has 0 unspecified atom stereocenters. The molecule has 0 aliphatic carbocycles. The number of rotatable bonds is 5. The van der Waals surface area contributed by atoms with E-state index < -0.39 is 14.4 Å². The Hall–Kier alpha value is -4.15. The van der Waals surface area contributed by atoms with E-state index in [4.69, 9.17) is 7.16 Å². The summed E-state index contributed by atoms with van der Waals surface area (Å²) in [4.78, 5) is 9.08. The average Bonchev–Trinajstić information content (AvgIpc) is 3.46. The molecule has 5 heteroatoms. The third kappa shape index (κ3) is 8.23. The fourth-order valence-electron chi connectivity index (χ4n) is 5.23. The summed E-state index contributed by atoms with van der Waals surface area (Å²) >= 11 is 0. The van der Waals surface area contributed by atoms with Gasteiger partial charge in [0.2, 0.25) is 0 Å². The maximum atomic E-state index is 8.65. The Labute approximate surface area is 296 Å². The maximum Gasteiger partial charge on any atom is 0.121 e. The number of nitrogens with zero attached hydrogens (tertiary/aromatic N) is 2. The Morgan fingerprint density at radius 3 is 2.19 bits per heavy atom. The van der Waals surface area contributed by atoms with E-state index in [1.807, 2.05) is 85.2 Å². The first-order valence-electron chi connectivity index (χ1n) is 16.7. The second kappa shape index (κ2) is 14.3. The molecule has 0 saturated carbocycles. The number of hydrogen-bond donors (Lipinski definition) is 0. The SMILES string of the molecule is C[Si](C)(C)c1ccc(-c2[c-]cccc2)nc1.[2H]C([2H])(c1ccccc1)c1ccc2c(c1)oc1c[c-]c(-c3cc(C(C)(C)C)ccn3)cc12.[Ir]. The van der Waals surface area contributed by atoms with Crippen LogP contribution in [0.1, 0.15) is 40.2 Å². The topological polar surface area (TPSA) is 38.9 Å². The molecule has 7 aromatic rings. The van der Waals surface area contributed by atoms with Crippen LogP contribution in [-0.4, -0.2) is 18.0 Å². The first-order valence-corrected chi connectivity index (χ1v) is 19.2. The molecule has 47 heavy (non-hydrogen) atoms. The number of benzene rings is 4. The molecular weight excluding hydrogens is 769 g/mol. The van der Waals surface area contributed by atoms with Crippen LogP contribution in [0, 0.1) is 12.1 Å². The molecule has 0 amide bonds. The zero-order valence-corrected chi connectivity index (χ0v) is 31.1. The van der Waals surface area contributed by atoms with Crippen molar-refractivity contribution in [2.24, 2.45) is 0 Å². The van der Waals surface area contributed by atoms with E-state index in [-0.39, 0.29) is 25.5 Å². The van der Waals surface area contributed by atoms with Gasteiger partial charge in [0.1, 0.15) is 5.58 Å². The summed E-state index contributed by atoms with van der Waals surface area (Å²) in [5.41, 5.74) is 7.70. The van der Waals surface area contributed by atoms with Gasteiger partial charge in [-0.1, -0.05) is 106 Å². The standard InChI is InChI=1S/C28H24NO.C14H16NSi.Ir/c1-28(2,3)22-13-14-29-25(18-22)21-10-12-26-24(17-21)23-11-9-20(16-27(23)30-26)15-19-7-5-4-6-8-19;1-16(2,3)13-9-10-14(15-11-13)12-7-5-4-6-8-12;/h4-9,11-14,16-18H,15H2,1-3H3;4-7,9-11H,1-3H3;/q2*-1;/i15D2;;. The number of fused-ring (bicyclic) bond motifs is 3. The molecule has 0 aliphatic rings. The second-order valence-electron chi connectivity index (χ2n) is 13.6. The normalized spacial score (nSPS) is 12.5. The average molecular weight is 811 g/mol. The largest absolute Gasteiger partial charge is 0.500 e. The van der Waals surface area contributed by atoms with Gasteiger partial charge in [-0.3, -0.25) is 0 Å². The minimum Gasteiger partial charge on any atom is -0.500 e. The van der Waals surface area contributed by atoms with Gasteiger partial charge in [-0.05, 0) is 57.2 Å². The van der Waals surface area contributed by atoms with Crippen molar-refractivity contribution in [3.63, 3.8) is 0 Å². The zero-order valence-electron chi connectivity index (χ0n) is 29.7. The van der Waals surface area contributed by atoms with Crippen molar-refractivity contribution in [2.45, 2.75) is 52.2 Å². The Balaban J connectivity index is 0.000000233. The van der Waals surface area contributed by atoms with E-state index >= 15 is 0 Å². The van der Waals surface area contributed by atoms with Crippen molar-refractivity contribution in [2.75, 3.05) is 0 Å². The molecule has 239 valence electrons. The van der Waals surface area contributed by atoms with Gasteiger partial charge in [0.25, 0.3) is 0 Å². The van der Waals surface area contributed by atoms with Crippen LogP contribution in [0.2, 0.25) is 19.6 Å². The van der Waals surface area contributed by atoms with Crippen molar-refractivity contribution >= 4 is 35.2 Å². The van der Waals surface area contributed by atoms with Crippen LogP contribution in [0.25, 0.3) is 44.5 Å². The summed E-state index contributed by atoms with van der Waals surface area (Å²) < 4.78 is 23.4. The number of aromatic nitrogens is 2. The van der Waals surface area contributed by atoms with E-state index in [1.54, 1.807) is 6.07 Å². The summed E-state index contributed by atoms with van der Waals surface area (Å²) in [5, 5.41) is 3.32. The van der Waals surface area contributed by atoms with Crippen molar-refractivity contribution in [1.82, 2.24) is 9.97 Å². The van der Waals surface area contributed by atoms with Gasteiger partial charge < -0.3 is 14.4 Å². The molecule has 0 aliphatic heterocycles. The van der Waals surface area contributed by atoms with E-state index in [2.05, 4.69) is 92.8 Å². The molecular formula is C42H40IrN2OSi-2. The minimum atomic E-state index is -1.61. The monoisotopic (exact) mass is 811 g/mol. The summed E-state index contributed by atoms with van der Waals surface area (Å²) in [6, 6.07) is 41.6. The van der Waals surface area contributed by atoms with Gasteiger partial charge in [-0.2, -0.15) is 0 Å². The van der Waals surface area contributed by atoms with Gasteiger partial charge in [-0.15, -0.1) is 59.7 Å². The third-order valence-electron chi connectivity index (χ3n) is 7.98. The molecule has 3 aromatic heterocycles. The van der Waals surface area contributed by atoms with Crippen LogP contribution in [0.4, 0.5) is 0 Å². The van der Waals surface area contributed by atoms with E-state index in [1.165, 1.54) is 10.8 Å². The molecule has 1 radical (unpaired) electrons. The van der Waals surface area contributed by atoms with Crippen molar-refractivity contribution < 1.29 is 27.3 Å². The quantitative estimate of drug-likeness (QED) is 0.128. The predicted octanol–water partition coefficient (Wildman–Crippen LogP) is 10.4.